The Morgan fingerprint density at radius 2 is 2.57 bits per heavy atom. The molecule has 76 valence electrons. The van der Waals surface area contributed by atoms with Crippen LogP contribution in [0, 0.1) is 0 Å². The standard InChI is InChI=1S/C9H12BrN3O/c1-3-4-7(11)9(14)8-6(10)5-12-13(8)2/h3,5,7H,1,4,11H2,2H3. The normalized spacial score (nSPS) is 12.5. The lowest BCUT2D eigenvalue weighted by atomic mass is 10.1. The van der Waals surface area contributed by atoms with E-state index >= 15 is 0 Å². The Balaban J connectivity index is 2.94. The molecule has 2 N–H and O–H groups in total. The highest BCUT2D eigenvalue weighted by atomic mass is 79.9. The van der Waals surface area contributed by atoms with Crippen molar-refractivity contribution in [2.45, 2.75) is 12.5 Å². The summed E-state index contributed by atoms with van der Waals surface area (Å²) >= 11 is 3.25. The van der Waals surface area contributed by atoms with Gasteiger partial charge in [-0.15, -0.1) is 6.58 Å². The van der Waals surface area contributed by atoms with E-state index in [2.05, 4.69) is 27.6 Å². The number of hydrogen-bond donors (Lipinski definition) is 1. The summed E-state index contributed by atoms with van der Waals surface area (Å²) in [6, 6.07) is -0.542. The molecular weight excluding hydrogens is 246 g/mol. The predicted octanol–water partition coefficient (Wildman–Crippen LogP) is 1.27. The van der Waals surface area contributed by atoms with Crippen LogP contribution in [0.25, 0.3) is 0 Å². The first kappa shape index (κ1) is 11.1. The second-order valence-electron chi connectivity index (χ2n) is 2.96. The van der Waals surface area contributed by atoms with Crippen molar-refractivity contribution in [2.75, 3.05) is 0 Å². The molecule has 0 aromatic carbocycles. The molecule has 0 spiro atoms. The first-order chi connectivity index (χ1) is 6.57. The zero-order valence-corrected chi connectivity index (χ0v) is 9.49. The predicted molar refractivity (Wildman–Crippen MR) is 58.0 cm³/mol. The maximum Gasteiger partial charge on any atom is 0.198 e. The van der Waals surface area contributed by atoms with Crippen molar-refractivity contribution >= 4 is 21.7 Å². The van der Waals surface area contributed by atoms with Gasteiger partial charge in [-0.05, 0) is 22.4 Å². The van der Waals surface area contributed by atoms with E-state index in [0.717, 1.165) is 0 Å². The number of halogens is 1. The third-order valence-corrected chi connectivity index (χ3v) is 2.47. The number of ketones is 1. The van der Waals surface area contributed by atoms with Gasteiger partial charge in [0.25, 0.3) is 0 Å². The molecule has 1 rings (SSSR count). The Bertz CT molecular complexity index is 339. The molecule has 14 heavy (non-hydrogen) atoms. The average molecular weight is 258 g/mol. The maximum absolute atomic E-state index is 11.8. The number of hydrogen-bond acceptors (Lipinski definition) is 3. The van der Waals surface area contributed by atoms with Gasteiger partial charge in [-0.25, -0.2) is 0 Å². The molecule has 0 radical (unpaired) electrons. The zero-order valence-electron chi connectivity index (χ0n) is 7.90. The summed E-state index contributed by atoms with van der Waals surface area (Å²) in [5, 5.41) is 3.95. The molecule has 4 nitrogen and oxygen atoms in total. The number of nitrogens with zero attached hydrogens (tertiary/aromatic N) is 2. The van der Waals surface area contributed by atoms with Crippen LogP contribution < -0.4 is 5.73 Å². The molecule has 0 aliphatic heterocycles. The number of nitrogens with two attached hydrogens (primary N) is 1. The van der Waals surface area contributed by atoms with Crippen LogP contribution in [0.1, 0.15) is 16.9 Å². The molecule has 0 aliphatic rings. The fourth-order valence-electron chi connectivity index (χ4n) is 1.15. The van der Waals surface area contributed by atoms with Crippen molar-refractivity contribution in [1.29, 1.82) is 0 Å². The van der Waals surface area contributed by atoms with Crippen molar-refractivity contribution in [3.63, 3.8) is 0 Å². The molecule has 0 saturated carbocycles. The number of rotatable bonds is 4. The minimum absolute atomic E-state index is 0.128. The van der Waals surface area contributed by atoms with Crippen LogP contribution in [0.5, 0.6) is 0 Å². The SMILES string of the molecule is C=CCC(N)C(=O)c1c(Br)cnn1C. The number of aryl methyl sites for hydroxylation is 1. The van der Waals surface area contributed by atoms with Gasteiger partial charge in [0.15, 0.2) is 5.78 Å². The van der Waals surface area contributed by atoms with E-state index in [1.165, 1.54) is 4.68 Å². The molecule has 5 heteroatoms. The summed E-state index contributed by atoms with van der Waals surface area (Å²) < 4.78 is 2.18. The number of carbonyl (C=O) groups excluding carboxylic acids is 1. The molecule has 0 fully saturated rings. The summed E-state index contributed by atoms with van der Waals surface area (Å²) in [5.41, 5.74) is 6.17. The summed E-state index contributed by atoms with van der Waals surface area (Å²) in [7, 11) is 1.71. The van der Waals surface area contributed by atoms with Gasteiger partial charge in [-0.2, -0.15) is 5.10 Å². The van der Waals surface area contributed by atoms with Gasteiger partial charge < -0.3 is 5.73 Å². The van der Waals surface area contributed by atoms with Crippen molar-refractivity contribution in [2.24, 2.45) is 12.8 Å². The second kappa shape index (κ2) is 4.52. The van der Waals surface area contributed by atoms with Crippen molar-refractivity contribution in [1.82, 2.24) is 9.78 Å². The smallest absolute Gasteiger partial charge is 0.198 e. The minimum Gasteiger partial charge on any atom is -0.321 e. The quantitative estimate of drug-likeness (QED) is 0.653. The molecule has 1 aromatic heterocycles. The molecule has 1 unspecified atom stereocenters. The lowest BCUT2D eigenvalue weighted by Crippen LogP contribution is -2.31. The zero-order chi connectivity index (χ0) is 10.7. The van der Waals surface area contributed by atoms with E-state index in [9.17, 15) is 4.79 Å². The average Bonchev–Trinajstić information content (AvgIpc) is 2.46. The topological polar surface area (TPSA) is 60.9 Å². The fourth-order valence-corrected chi connectivity index (χ4v) is 1.69. The van der Waals surface area contributed by atoms with Crippen LogP contribution in [0.3, 0.4) is 0 Å². The Kier molecular flexibility index (Phi) is 3.60. The van der Waals surface area contributed by atoms with Crippen LogP contribution in [0.15, 0.2) is 23.3 Å². The second-order valence-corrected chi connectivity index (χ2v) is 3.81. The number of aromatic nitrogens is 2. The van der Waals surface area contributed by atoms with Gasteiger partial charge >= 0.3 is 0 Å². The lowest BCUT2D eigenvalue weighted by Gasteiger charge is -2.08. The van der Waals surface area contributed by atoms with E-state index in [1.807, 2.05) is 0 Å². The van der Waals surface area contributed by atoms with E-state index in [4.69, 9.17) is 5.73 Å². The van der Waals surface area contributed by atoms with Gasteiger partial charge in [0, 0.05) is 7.05 Å². The fraction of sp³-hybridized carbons (Fsp3) is 0.333. The van der Waals surface area contributed by atoms with Gasteiger partial charge in [-0.3, -0.25) is 9.48 Å². The van der Waals surface area contributed by atoms with Crippen LogP contribution in [-0.2, 0) is 7.05 Å². The van der Waals surface area contributed by atoms with Gasteiger partial charge in [0.05, 0.1) is 16.7 Å². The Labute approximate surface area is 90.9 Å². The van der Waals surface area contributed by atoms with Crippen LogP contribution in [0.4, 0.5) is 0 Å². The summed E-state index contributed by atoms with van der Waals surface area (Å²) in [6.07, 6.45) is 3.68. The highest BCUT2D eigenvalue weighted by molar-refractivity contribution is 9.10. The first-order valence-electron chi connectivity index (χ1n) is 4.16. The third kappa shape index (κ3) is 2.10. The molecule has 0 aliphatic carbocycles. The van der Waals surface area contributed by atoms with Gasteiger partial charge in [0.1, 0.15) is 5.69 Å². The molecule has 0 saturated heterocycles. The monoisotopic (exact) mass is 257 g/mol. The highest BCUT2D eigenvalue weighted by Crippen LogP contribution is 2.17. The van der Waals surface area contributed by atoms with Crippen LogP contribution in [-0.4, -0.2) is 21.6 Å². The van der Waals surface area contributed by atoms with Gasteiger partial charge in [-0.1, -0.05) is 6.08 Å². The summed E-state index contributed by atoms with van der Waals surface area (Å²) in [6.45, 7) is 3.54. The molecule has 0 bridgehead atoms. The van der Waals surface area contributed by atoms with E-state index < -0.39 is 6.04 Å². The maximum atomic E-state index is 11.8. The van der Waals surface area contributed by atoms with Crippen molar-refractivity contribution in [3.05, 3.63) is 29.0 Å². The third-order valence-electron chi connectivity index (χ3n) is 1.88. The lowest BCUT2D eigenvalue weighted by molar-refractivity contribution is 0.0952. The Morgan fingerprint density at radius 1 is 1.93 bits per heavy atom. The number of Topliss-reactive ketones (excluding diaryl/α,β-unsaturated/α-hetero) is 1. The molecular formula is C9H12BrN3O. The van der Waals surface area contributed by atoms with Gasteiger partial charge in [0.2, 0.25) is 0 Å². The van der Waals surface area contributed by atoms with Crippen LogP contribution >= 0.6 is 15.9 Å². The minimum atomic E-state index is -0.542. The van der Waals surface area contributed by atoms with E-state index in [-0.39, 0.29) is 5.78 Å². The first-order valence-corrected chi connectivity index (χ1v) is 4.95. The molecule has 1 aromatic rings. The van der Waals surface area contributed by atoms with Crippen LogP contribution in [0.2, 0.25) is 0 Å². The number of carbonyl (C=O) groups is 1. The summed E-state index contributed by atoms with van der Waals surface area (Å²) in [5.74, 6) is -0.128. The Hall–Kier alpha value is -0.940. The van der Waals surface area contributed by atoms with Crippen molar-refractivity contribution < 1.29 is 4.79 Å². The molecule has 1 atom stereocenters. The largest absolute Gasteiger partial charge is 0.321 e. The molecule has 0 amide bonds. The van der Waals surface area contributed by atoms with Crippen molar-refractivity contribution in [3.8, 4) is 0 Å². The Morgan fingerprint density at radius 3 is 3.00 bits per heavy atom. The summed E-state index contributed by atoms with van der Waals surface area (Å²) in [4.78, 5) is 11.8. The van der Waals surface area contributed by atoms with E-state index in [1.54, 1.807) is 19.3 Å². The molecule has 1 heterocycles. The highest BCUT2D eigenvalue weighted by Gasteiger charge is 2.20. The van der Waals surface area contributed by atoms with E-state index in [0.29, 0.717) is 16.6 Å².